The average Bonchev–Trinajstić information content (AvgIpc) is 3.26. The molecule has 2 atom stereocenters. The van der Waals surface area contributed by atoms with Crippen molar-refractivity contribution in [3.8, 4) is 0 Å². The van der Waals surface area contributed by atoms with Gasteiger partial charge in [0.2, 0.25) is 21.8 Å². The second-order valence-corrected chi connectivity index (χ2v) is 11.4. The standard InChI is InChI=1S/C25H30ClN3O6S/c1-3-21(30)16-29(36(33,34)22-7-5-18-14-20(26)6-4-19(18)15-22)23-8-9-28(25(23)32)17(2)24(31)27-10-12-35-13-11-27/h4-7,14-15,17,23H,3,8-13,16H2,1-2H3/t17-,23?/m0/s1. The Morgan fingerprint density at radius 3 is 2.47 bits per heavy atom. The van der Waals surface area contributed by atoms with Crippen LogP contribution in [-0.4, -0.2) is 91.6 Å². The van der Waals surface area contributed by atoms with Gasteiger partial charge < -0.3 is 14.5 Å². The largest absolute Gasteiger partial charge is 0.378 e. The van der Waals surface area contributed by atoms with Gasteiger partial charge in [0, 0.05) is 31.1 Å². The number of fused-ring (bicyclic) bond motifs is 1. The lowest BCUT2D eigenvalue weighted by atomic mass is 10.1. The van der Waals surface area contributed by atoms with Gasteiger partial charge in [-0.2, -0.15) is 4.31 Å². The van der Waals surface area contributed by atoms with E-state index in [1.54, 1.807) is 43.0 Å². The van der Waals surface area contributed by atoms with Crippen molar-refractivity contribution < 1.29 is 27.5 Å². The zero-order valence-electron chi connectivity index (χ0n) is 20.4. The number of ketones is 1. The first-order valence-electron chi connectivity index (χ1n) is 12.0. The normalized spacial score (nSPS) is 19.8. The van der Waals surface area contributed by atoms with Gasteiger partial charge in [0.25, 0.3) is 0 Å². The fourth-order valence-corrected chi connectivity index (χ4v) is 6.47. The summed E-state index contributed by atoms with van der Waals surface area (Å²) >= 11 is 6.05. The summed E-state index contributed by atoms with van der Waals surface area (Å²) in [7, 11) is -4.19. The molecule has 194 valence electrons. The summed E-state index contributed by atoms with van der Waals surface area (Å²) < 4.78 is 33.8. The van der Waals surface area contributed by atoms with E-state index in [0.29, 0.717) is 36.7 Å². The Morgan fingerprint density at radius 1 is 1.11 bits per heavy atom. The molecule has 9 nitrogen and oxygen atoms in total. The van der Waals surface area contributed by atoms with Crippen molar-refractivity contribution >= 4 is 50.0 Å². The summed E-state index contributed by atoms with van der Waals surface area (Å²) in [6.45, 7) is 4.91. The van der Waals surface area contributed by atoms with Crippen molar-refractivity contribution in [2.45, 2.75) is 43.7 Å². The second kappa shape index (κ2) is 10.8. The molecule has 2 aliphatic heterocycles. The first-order chi connectivity index (χ1) is 17.1. The molecular formula is C25H30ClN3O6S. The fourth-order valence-electron chi connectivity index (χ4n) is 4.66. The maximum atomic E-state index is 13.8. The lowest BCUT2D eigenvalue weighted by molar-refractivity contribution is -0.146. The Hall–Kier alpha value is -2.53. The van der Waals surface area contributed by atoms with Gasteiger partial charge in [-0.3, -0.25) is 14.4 Å². The molecule has 2 amide bonds. The smallest absolute Gasteiger partial charge is 0.245 e. The Balaban J connectivity index is 1.62. The van der Waals surface area contributed by atoms with E-state index in [1.807, 2.05) is 0 Å². The highest BCUT2D eigenvalue weighted by Crippen LogP contribution is 2.29. The fraction of sp³-hybridized carbons (Fsp3) is 0.480. The lowest BCUT2D eigenvalue weighted by Gasteiger charge is -2.33. The molecule has 11 heteroatoms. The molecule has 2 aliphatic rings. The predicted octanol–water partition coefficient (Wildman–Crippen LogP) is 2.31. The van der Waals surface area contributed by atoms with Crippen molar-refractivity contribution in [3.63, 3.8) is 0 Å². The van der Waals surface area contributed by atoms with E-state index in [4.69, 9.17) is 16.3 Å². The van der Waals surface area contributed by atoms with Crippen LogP contribution in [-0.2, 0) is 29.1 Å². The van der Waals surface area contributed by atoms with Crippen molar-refractivity contribution in [2.75, 3.05) is 39.4 Å². The number of ether oxygens (including phenoxy) is 1. The highest BCUT2D eigenvalue weighted by atomic mass is 35.5. The topological polar surface area (TPSA) is 104 Å². The molecule has 4 rings (SSSR count). The number of Topliss-reactive ketones (excluding diaryl/α,β-unsaturated/α-hetero) is 1. The molecule has 0 bridgehead atoms. The van der Waals surface area contributed by atoms with Crippen LogP contribution in [0.25, 0.3) is 10.8 Å². The highest BCUT2D eigenvalue weighted by Gasteiger charge is 2.45. The number of halogens is 1. The molecule has 2 aromatic carbocycles. The summed E-state index contributed by atoms with van der Waals surface area (Å²) in [6, 6.07) is 7.95. The van der Waals surface area contributed by atoms with Crippen LogP contribution in [0.1, 0.15) is 26.7 Å². The summed E-state index contributed by atoms with van der Waals surface area (Å²) in [4.78, 5) is 41.9. The third-order valence-corrected chi connectivity index (χ3v) is 8.90. The Kier molecular flexibility index (Phi) is 7.99. The molecule has 36 heavy (non-hydrogen) atoms. The molecule has 1 unspecified atom stereocenters. The molecule has 2 heterocycles. The van der Waals surface area contributed by atoms with E-state index < -0.39 is 34.6 Å². The molecule has 0 aliphatic carbocycles. The molecule has 2 fully saturated rings. The summed E-state index contributed by atoms with van der Waals surface area (Å²) in [5.41, 5.74) is 0. The van der Waals surface area contributed by atoms with Gasteiger partial charge in [-0.25, -0.2) is 8.42 Å². The summed E-state index contributed by atoms with van der Waals surface area (Å²) in [6.07, 6.45) is 0.331. The monoisotopic (exact) mass is 535 g/mol. The number of morpholine rings is 1. The van der Waals surface area contributed by atoms with Crippen LogP contribution >= 0.6 is 11.6 Å². The number of nitrogens with zero attached hydrogens (tertiary/aromatic N) is 3. The molecule has 0 spiro atoms. The van der Waals surface area contributed by atoms with Gasteiger partial charge in [-0.05, 0) is 48.4 Å². The Morgan fingerprint density at radius 2 is 1.78 bits per heavy atom. The first kappa shape index (κ1) is 26.5. The minimum atomic E-state index is -4.19. The van der Waals surface area contributed by atoms with Crippen LogP contribution in [0.2, 0.25) is 5.02 Å². The van der Waals surface area contributed by atoms with Crippen LogP contribution in [0.15, 0.2) is 41.3 Å². The number of benzene rings is 2. The van der Waals surface area contributed by atoms with Crippen LogP contribution in [0.5, 0.6) is 0 Å². The van der Waals surface area contributed by atoms with E-state index in [2.05, 4.69) is 0 Å². The minimum absolute atomic E-state index is 0.00934. The van der Waals surface area contributed by atoms with Crippen molar-refractivity contribution in [3.05, 3.63) is 41.4 Å². The highest BCUT2D eigenvalue weighted by molar-refractivity contribution is 7.89. The third kappa shape index (κ3) is 5.27. The molecule has 0 radical (unpaired) electrons. The number of rotatable bonds is 8. The van der Waals surface area contributed by atoms with Gasteiger partial charge >= 0.3 is 0 Å². The number of hydrogen-bond acceptors (Lipinski definition) is 6. The van der Waals surface area contributed by atoms with Crippen molar-refractivity contribution in [2.24, 2.45) is 0 Å². The van der Waals surface area contributed by atoms with E-state index in [1.165, 1.54) is 17.0 Å². The maximum absolute atomic E-state index is 13.8. The molecule has 2 aromatic rings. The Labute approximate surface area is 216 Å². The van der Waals surface area contributed by atoms with Crippen LogP contribution < -0.4 is 0 Å². The zero-order chi connectivity index (χ0) is 26.0. The minimum Gasteiger partial charge on any atom is -0.378 e. The lowest BCUT2D eigenvalue weighted by Crippen LogP contribution is -2.53. The zero-order valence-corrected chi connectivity index (χ0v) is 21.9. The predicted molar refractivity (Wildman–Crippen MR) is 135 cm³/mol. The van der Waals surface area contributed by atoms with Gasteiger partial charge in [-0.1, -0.05) is 30.7 Å². The second-order valence-electron chi connectivity index (χ2n) is 9.05. The van der Waals surface area contributed by atoms with Crippen LogP contribution in [0.3, 0.4) is 0 Å². The van der Waals surface area contributed by atoms with Gasteiger partial charge in [0.15, 0.2) is 0 Å². The number of amides is 2. The van der Waals surface area contributed by atoms with Crippen molar-refractivity contribution in [1.82, 2.24) is 14.1 Å². The maximum Gasteiger partial charge on any atom is 0.245 e. The molecule has 0 aromatic heterocycles. The van der Waals surface area contributed by atoms with Gasteiger partial charge in [0.1, 0.15) is 17.9 Å². The first-order valence-corrected chi connectivity index (χ1v) is 13.8. The van der Waals surface area contributed by atoms with Crippen LogP contribution in [0.4, 0.5) is 0 Å². The number of sulfonamides is 1. The average molecular weight is 536 g/mol. The number of hydrogen-bond donors (Lipinski definition) is 0. The van der Waals surface area contributed by atoms with Gasteiger partial charge in [0.05, 0.1) is 24.7 Å². The molecule has 2 saturated heterocycles. The summed E-state index contributed by atoms with van der Waals surface area (Å²) in [5.74, 6) is -0.960. The van der Waals surface area contributed by atoms with E-state index in [9.17, 15) is 22.8 Å². The van der Waals surface area contributed by atoms with Crippen molar-refractivity contribution in [1.29, 1.82) is 0 Å². The SMILES string of the molecule is CCC(=O)CN(C1CCN([C@@H](C)C(=O)N2CCOCC2)C1=O)S(=O)(=O)c1ccc2cc(Cl)ccc2c1. The van der Waals surface area contributed by atoms with E-state index >= 15 is 0 Å². The molecular weight excluding hydrogens is 506 g/mol. The van der Waals surface area contributed by atoms with Gasteiger partial charge in [-0.15, -0.1) is 0 Å². The quantitative estimate of drug-likeness (QED) is 0.514. The molecule has 0 saturated carbocycles. The molecule has 0 N–H and O–H groups in total. The Bertz CT molecular complexity index is 1280. The summed E-state index contributed by atoms with van der Waals surface area (Å²) in [5, 5.41) is 1.98. The number of likely N-dealkylation sites (tertiary alicyclic amines) is 1. The van der Waals surface area contributed by atoms with Crippen LogP contribution in [0, 0.1) is 0 Å². The third-order valence-electron chi connectivity index (χ3n) is 6.81. The number of carbonyl (C=O) groups is 3. The number of carbonyl (C=O) groups excluding carboxylic acids is 3. The van der Waals surface area contributed by atoms with E-state index in [0.717, 1.165) is 9.69 Å². The van der Waals surface area contributed by atoms with E-state index in [-0.39, 0.29) is 36.0 Å².